The van der Waals surface area contributed by atoms with Gasteiger partial charge < -0.3 is 18.6 Å². The molecule has 2 heterocycles. The Balaban J connectivity index is 1.34. The summed E-state index contributed by atoms with van der Waals surface area (Å²) in [5, 5.41) is 0. The topological polar surface area (TPSA) is 36.9 Å². The molecule has 50 heavy (non-hydrogen) atoms. The number of rotatable bonds is 7. The van der Waals surface area contributed by atoms with Crippen molar-refractivity contribution >= 4 is 14.0 Å². The van der Waals surface area contributed by atoms with Crippen molar-refractivity contribution in [1.82, 2.24) is 0 Å². The third-order valence-electron chi connectivity index (χ3n) is 9.41. The van der Waals surface area contributed by atoms with Gasteiger partial charge >= 0.3 is 14.0 Å². The Morgan fingerprint density at radius 2 is 0.620 bits per heavy atom. The standard InChI is InChI=1S/C40H28B2F4O4/c43-33-23-11-7-19-29(33)39(30-20-8-12-24-34(30)44)37(27-15-3-1-4-16-27)47-41(49-39)42-48-38(28-17-5-2-6-18-28)40(50-42,31-21-9-13-25-35(31)45)32-22-10-14-26-36(32)46/h1-26,37-38H/t37-,38-/m0/s1. The lowest BCUT2D eigenvalue weighted by atomic mass is 9.49. The Bertz CT molecular complexity index is 1890. The van der Waals surface area contributed by atoms with Gasteiger partial charge in [-0.15, -0.1) is 0 Å². The lowest BCUT2D eigenvalue weighted by Crippen LogP contribution is -2.44. The Hall–Kier alpha value is -4.99. The van der Waals surface area contributed by atoms with Gasteiger partial charge in [-0.25, -0.2) is 17.6 Å². The molecule has 6 aromatic rings. The highest BCUT2D eigenvalue weighted by molar-refractivity contribution is 7.11. The van der Waals surface area contributed by atoms with Crippen LogP contribution in [0.3, 0.4) is 0 Å². The van der Waals surface area contributed by atoms with Crippen LogP contribution in [0.1, 0.15) is 45.6 Å². The van der Waals surface area contributed by atoms with Gasteiger partial charge in [0.1, 0.15) is 46.7 Å². The first kappa shape index (κ1) is 32.2. The van der Waals surface area contributed by atoms with Crippen LogP contribution in [0.5, 0.6) is 0 Å². The summed E-state index contributed by atoms with van der Waals surface area (Å²) in [6.07, 6.45) is -2.25. The van der Waals surface area contributed by atoms with Gasteiger partial charge in [-0.05, 0) is 35.4 Å². The van der Waals surface area contributed by atoms with Crippen LogP contribution in [0, 0.1) is 23.3 Å². The predicted molar refractivity (Wildman–Crippen MR) is 181 cm³/mol. The van der Waals surface area contributed by atoms with Crippen LogP contribution >= 0.6 is 0 Å². The van der Waals surface area contributed by atoms with E-state index in [1.165, 1.54) is 72.8 Å². The van der Waals surface area contributed by atoms with Crippen molar-refractivity contribution in [3.05, 3.63) is 214 Å². The summed E-state index contributed by atoms with van der Waals surface area (Å²) < 4.78 is 91.1. The smallest absolute Gasteiger partial charge is 0.402 e. The van der Waals surface area contributed by atoms with Gasteiger partial charge in [-0.1, -0.05) is 133 Å². The first-order valence-corrected chi connectivity index (χ1v) is 16.2. The van der Waals surface area contributed by atoms with E-state index in [2.05, 4.69) is 0 Å². The van der Waals surface area contributed by atoms with Crippen molar-refractivity contribution < 1.29 is 36.2 Å². The second kappa shape index (κ2) is 13.0. The number of benzene rings is 6. The highest BCUT2D eigenvalue weighted by atomic mass is 19.1. The fraction of sp³-hybridized carbons (Fsp3) is 0.100. The Morgan fingerprint density at radius 1 is 0.360 bits per heavy atom. The molecule has 246 valence electrons. The van der Waals surface area contributed by atoms with Crippen molar-refractivity contribution in [3.63, 3.8) is 0 Å². The van der Waals surface area contributed by atoms with Crippen LogP contribution < -0.4 is 0 Å². The third-order valence-corrected chi connectivity index (χ3v) is 9.41. The van der Waals surface area contributed by atoms with E-state index in [1.54, 1.807) is 72.8 Å². The quantitative estimate of drug-likeness (QED) is 0.126. The van der Waals surface area contributed by atoms with Crippen LogP contribution in [0.2, 0.25) is 0 Å². The molecular weight excluding hydrogens is 642 g/mol. The van der Waals surface area contributed by atoms with Crippen molar-refractivity contribution in [2.75, 3.05) is 0 Å². The van der Waals surface area contributed by atoms with Gasteiger partial charge in [-0.3, -0.25) is 0 Å². The van der Waals surface area contributed by atoms with Gasteiger partial charge in [0, 0.05) is 22.3 Å². The Labute approximate surface area is 287 Å². The molecule has 0 amide bonds. The molecule has 2 fully saturated rings. The van der Waals surface area contributed by atoms with E-state index in [4.69, 9.17) is 18.6 Å². The van der Waals surface area contributed by atoms with Gasteiger partial charge in [0.15, 0.2) is 0 Å². The molecule has 2 aliphatic rings. The maximum Gasteiger partial charge on any atom is 0.489 e. The van der Waals surface area contributed by atoms with Crippen molar-refractivity contribution in [1.29, 1.82) is 0 Å². The van der Waals surface area contributed by atoms with E-state index in [9.17, 15) is 0 Å². The van der Waals surface area contributed by atoms with Gasteiger partial charge in [0.2, 0.25) is 0 Å². The largest absolute Gasteiger partial charge is 0.489 e. The zero-order chi connectivity index (χ0) is 34.3. The average Bonchev–Trinajstić information content (AvgIpc) is 3.75. The van der Waals surface area contributed by atoms with Gasteiger partial charge in [0.05, 0.1) is 0 Å². The van der Waals surface area contributed by atoms with Crippen LogP contribution in [0.25, 0.3) is 0 Å². The minimum atomic E-state index is -1.89. The fourth-order valence-corrected chi connectivity index (χ4v) is 7.29. The SMILES string of the molecule is Fc1ccccc1C1(c2ccccc2F)OB(B2O[C@@H](c3ccccc3)C(c3ccccc3F)(c3ccccc3F)O2)O[C@H]1c1ccccc1. The minimum Gasteiger partial charge on any atom is -0.402 e. The van der Waals surface area contributed by atoms with E-state index in [0.29, 0.717) is 11.1 Å². The minimum absolute atomic E-state index is 0.0218. The van der Waals surface area contributed by atoms with Crippen molar-refractivity contribution in [3.8, 4) is 0 Å². The highest BCUT2D eigenvalue weighted by Gasteiger charge is 2.67. The summed E-state index contributed by atoms with van der Waals surface area (Å²) in [7, 11) is -2.91. The van der Waals surface area contributed by atoms with E-state index in [0.717, 1.165) is 0 Å². The molecule has 2 saturated heterocycles. The number of hydrogen-bond acceptors (Lipinski definition) is 4. The molecule has 0 aromatic heterocycles. The zero-order valence-corrected chi connectivity index (χ0v) is 26.5. The second-order valence-corrected chi connectivity index (χ2v) is 12.2. The molecule has 10 heteroatoms. The normalized spacial score (nSPS) is 19.5. The summed E-state index contributed by atoms with van der Waals surface area (Å²) in [5.74, 6) is -2.60. The molecule has 4 nitrogen and oxygen atoms in total. The lowest BCUT2D eigenvalue weighted by molar-refractivity contribution is 0.0644. The zero-order valence-electron chi connectivity index (χ0n) is 26.5. The molecule has 0 aliphatic carbocycles. The summed E-state index contributed by atoms with van der Waals surface area (Å²) >= 11 is 0. The van der Waals surface area contributed by atoms with Gasteiger partial charge in [-0.2, -0.15) is 0 Å². The van der Waals surface area contributed by atoms with E-state index >= 15 is 17.6 Å². The first-order chi connectivity index (χ1) is 24.4. The highest BCUT2D eigenvalue weighted by Crippen LogP contribution is 2.57. The number of halogens is 4. The lowest BCUT2D eigenvalue weighted by Gasteiger charge is -2.36. The molecule has 0 radical (unpaired) electrons. The van der Waals surface area contributed by atoms with Crippen LogP contribution in [-0.2, 0) is 29.8 Å². The summed E-state index contributed by atoms with van der Waals surface area (Å²) in [6.45, 7) is 0. The molecule has 0 unspecified atom stereocenters. The third kappa shape index (κ3) is 5.18. The summed E-state index contributed by atoms with van der Waals surface area (Å²) in [6, 6.07) is 41.7. The number of hydrogen-bond donors (Lipinski definition) is 0. The maximum absolute atomic E-state index is 16.0. The van der Waals surface area contributed by atoms with E-state index in [1.807, 2.05) is 12.1 Å². The van der Waals surface area contributed by atoms with Crippen LogP contribution in [0.15, 0.2) is 158 Å². The molecule has 0 N–H and O–H groups in total. The fourth-order valence-electron chi connectivity index (χ4n) is 7.29. The first-order valence-electron chi connectivity index (χ1n) is 16.2. The van der Waals surface area contributed by atoms with Crippen LogP contribution in [-0.4, -0.2) is 14.0 Å². The molecule has 2 aliphatic heterocycles. The maximum atomic E-state index is 16.0. The molecule has 6 aromatic carbocycles. The Kier molecular flexibility index (Phi) is 8.41. The Morgan fingerprint density at radius 3 is 0.900 bits per heavy atom. The molecule has 0 spiro atoms. The molecule has 0 bridgehead atoms. The molecular formula is C40H28B2F4O4. The van der Waals surface area contributed by atoms with Crippen LogP contribution in [0.4, 0.5) is 17.6 Å². The molecule has 0 saturated carbocycles. The average molecular weight is 670 g/mol. The second-order valence-electron chi connectivity index (χ2n) is 12.2. The summed E-state index contributed by atoms with van der Waals surface area (Å²) in [4.78, 5) is 0. The van der Waals surface area contributed by atoms with E-state index in [-0.39, 0.29) is 22.3 Å². The molecule has 2 atom stereocenters. The van der Waals surface area contributed by atoms with E-state index < -0.39 is 60.7 Å². The van der Waals surface area contributed by atoms with Crippen molar-refractivity contribution in [2.24, 2.45) is 0 Å². The van der Waals surface area contributed by atoms with Gasteiger partial charge in [0.25, 0.3) is 0 Å². The summed E-state index contributed by atoms with van der Waals surface area (Å²) in [5.41, 5.74) is -2.57. The predicted octanol–water partition coefficient (Wildman–Crippen LogP) is 9.06. The molecule has 8 rings (SSSR count). The van der Waals surface area contributed by atoms with Crippen molar-refractivity contribution in [2.45, 2.75) is 23.4 Å². The monoisotopic (exact) mass is 670 g/mol.